The van der Waals surface area contributed by atoms with Crippen molar-refractivity contribution >= 4 is 0 Å². The molecule has 0 radical (unpaired) electrons. The molecule has 0 aliphatic heterocycles. The second kappa shape index (κ2) is 7.48. The second-order valence-electron chi connectivity index (χ2n) is 7.54. The normalized spacial score (nSPS) is 11.0. The lowest BCUT2D eigenvalue weighted by atomic mass is 10.0. The maximum Gasteiger partial charge on any atom is 0.0927 e. The third-order valence-electron chi connectivity index (χ3n) is 5.48. The zero-order valence-electron chi connectivity index (χ0n) is 17.0. The van der Waals surface area contributed by atoms with E-state index in [0.717, 1.165) is 33.9 Å². The largest absolute Gasteiger partial charge is 0.277 e. The molecule has 0 bridgehead atoms. The van der Waals surface area contributed by atoms with Crippen molar-refractivity contribution in [2.24, 2.45) is 0 Å². The van der Waals surface area contributed by atoms with Crippen molar-refractivity contribution in [2.75, 3.05) is 0 Å². The van der Waals surface area contributed by atoms with Crippen molar-refractivity contribution in [2.45, 2.75) is 13.8 Å². The molecule has 0 atom stereocenters. The van der Waals surface area contributed by atoms with E-state index >= 15 is 0 Å². The molecule has 0 aliphatic rings. The number of hydrogen-bond acceptors (Lipinski definition) is 2. The summed E-state index contributed by atoms with van der Waals surface area (Å²) in [6.45, 7) is 4.22. The van der Waals surface area contributed by atoms with Crippen molar-refractivity contribution in [1.82, 2.24) is 20.4 Å². The first kappa shape index (κ1) is 18.1. The number of nitrogens with one attached hydrogen (secondary N) is 2. The fraction of sp³-hybridized carbons (Fsp3) is 0.0769. The molecule has 0 unspecified atom stereocenters. The Labute approximate surface area is 175 Å². The number of benzene rings is 3. The molecule has 4 heteroatoms. The first-order chi connectivity index (χ1) is 14.7. The van der Waals surface area contributed by atoms with Crippen molar-refractivity contribution in [3.63, 3.8) is 0 Å². The Bertz CT molecular complexity index is 1230. The Kier molecular flexibility index (Phi) is 4.52. The van der Waals surface area contributed by atoms with Gasteiger partial charge in [0.25, 0.3) is 0 Å². The number of aromatic amines is 2. The second-order valence-corrected chi connectivity index (χ2v) is 7.54. The highest BCUT2D eigenvalue weighted by molar-refractivity contribution is 5.75. The standard InChI is InChI=1S/C26H22N4/c1-17-8-3-5-12-21(17)25-15-23(27-29-25)19-10-7-11-20(14-19)24-16-26(30-28-24)22-13-6-4-9-18(22)2/h3-16H,1-2H3,(H,27,29)(H,28,30). The molecular weight excluding hydrogens is 368 g/mol. The highest BCUT2D eigenvalue weighted by atomic mass is 15.1. The molecular formula is C26H22N4. The van der Waals surface area contributed by atoms with E-state index in [1.54, 1.807) is 0 Å². The highest BCUT2D eigenvalue weighted by Crippen LogP contribution is 2.30. The van der Waals surface area contributed by atoms with Crippen molar-refractivity contribution in [3.05, 3.63) is 96.1 Å². The van der Waals surface area contributed by atoms with Gasteiger partial charge in [-0.25, -0.2) is 0 Å². The van der Waals surface area contributed by atoms with Gasteiger partial charge in [0, 0.05) is 22.3 Å². The van der Waals surface area contributed by atoms with Gasteiger partial charge in [-0.2, -0.15) is 10.2 Å². The van der Waals surface area contributed by atoms with E-state index in [-0.39, 0.29) is 0 Å². The molecule has 0 spiro atoms. The summed E-state index contributed by atoms with van der Waals surface area (Å²) in [5, 5.41) is 15.5. The number of aromatic nitrogens is 4. The van der Waals surface area contributed by atoms with Crippen LogP contribution in [0.5, 0.6) is 0 Å². The summed E-state index contributed by atoms with van der Waals surface area (Å²) in [5.41, 5.74) is 10.8. The molecule has 2 N–H and O–H groups in total. The van der Waals surface area contributed by atoms with Crippen LogP contribution < -0.4 is 0 Å². The molecule has 2 heterocycles. The fourth-order valence-electron chi connectivity index (χ4n) is 3.80. The summed E-state index contributed by atoms with van der Waals surface area (Å²) in [6.07, 6.45) is 0. The smallest absolute Gasteiger partial charge is 0.0927 e. The molecule has 5 rings (SSSR count). The third kappa shape index (κ3) is 3.33. The number of rotatable bonds is 4. The summed E-state index contributed by atoms with van der Waals surface area (Å²) in [6, 6.07) is 29.2. The van der Waals surface area contributed by atoms with Crippen LogP contribution in [0.25, 0.3) is 45.0 Å². The van der Waals surface area contributed by atoms with Gasteiger partial charge in [0.1, 0.15) is 0 Å². The van der Waals surface area contributed by atoms with Gasteiger partial charge in [0.2, 0.25) is 0 Å². The van der Waals surface area contributed by atoms with E-state index in [2.05, 4.69) is 107 Å². The minimum absolute atomic E-state index is 0.921. The summed E-state index contributed by atoms with van der Waals surface area (Å²) in [4.78, 5) is 0. The Morgan fingerprint density at radius 3 is 1.47 bits per heavy atom. The molecule has 30 heavy (non-hydrogen) atoms. The molecule has 3 aromatic carbocycles. The van der Waals surface area contributed by atoms with Gasteiger partial charge in [0.05, 0.1) is 22.8 Å². The lowest BCUT2D eigenvalue weighted by Crippen LogP contribution is -1.82. The van der Waals surface area contributed by atoms with Crippen LogP contribution in [-0.4, -0.2) is 20.4 Å². The molecule has 0 aliphatic carbocycles. The summed E-state index contributed by atoms with van der Waals surface area (Å²) in [5.74, 6) is 0. The Balaban J connectivity index is 1.47. The van der Waals surface area contributed by atoms with Crippen LogP contribution in [0.4, 0.5) is 0 Å². The van der Waals surface area contributed by atoms with E-state index in [9.17, 15) is 0 Å². The molecule has 146 valence electrons. The molecule has 0 saturated heterocycles. The predicted octanol–water partition coefficient (Wildman–Crippen LogP) is 6.42. The third-order valence-corrected chi connectivity index (χ3v) is 5.48. The first-order valence-electron chi connectivity index (χ1n) is 10.0. The van der Waals surface area contributed by atoms with E-state index in [1.165, 1.54) is 22.3 Å². The Hall–Kier alpha value is -3.92. The topological polar surface area (TPSA) is 57.4 Å². The van der Waals surface area contributed by atoms with Crippen molar-refractivity contribution in [3.8, 4) is 45.0 Å². The molecule has 0 amide bonds. The first-order valence-corrected chi connectivity index (χ1v) is 10.0. The fourth-order valence-corrected chi connectivity index (χ4v) is 3.80. The van der Waals surface area contributed by atoms with E-state index < -0.39 is 0 Å². The van der Waals surface area contributed by atoms with Gasteiger partial charge >= 0.3 is 0 Å². The van der Waals surface area contributed by atoms with Gasteiger partial charge in [-0.1, -0.05) is 66.7 Å². The summed E-state index contributed by atoms with van der Waals surface area (Å²) >= 11 is 0. The molecule has 2 aromatic heterocycles. The molecule has 5 aromatic rings. The van der Waals surface area contributed by atoms with E-state index in [4.69, 9.17) is 0 Å². The van der Waals surface area contributed by atoms with Crippen LogP contribution in [-0.2, 0) is 0 Å². The average molecular weight is 390 g/mol. The summed E-state index contributed by atoms with van der Waals surface area (Å²) < 4.78 is 0. The van der Waals surface area contributed by atoms with Crippen LogP contribution >= 0.6 is 0 Å². The predicted molar refractivity (Wildman–Crippen MR) is 122 cm³/mol. The van der Waals surface area contributed by atoms with Gasteiger partial charge < -0.3 is 0 Å². The van der Waals surface area contributed by atoms with Gasteiger partial charge in [0.15, 0.2) is 0 Å². The molecule has 0 fully saturated rings. The number of nitrogens with zero attached hydrogens (tertiary/aromatic N) is 2. The minimum Gasteiger partial charge on any atom is -0.277 e. The van der Waals surface area contributed by atoms with E-state index in [1.807, 2.05) is 12.1 Å². The van der Waals surface area contributed by atoms with Crippen molar-refractivity contribution in [1.29, 1.82) is 0 Å². The maximum atomic E-state index is 4.55. The summed E-state index contributed by atoms with van der Waals surface area (Å²) in [7, 11) is 0. The number of aryl methyl sites for hydroxylation is 2. The highest BCUT2D eigenvalue weighted by Gasteiger charge is 2.11. The SMILES string of the molecule is Cc1ccccc1-c1cc(-c2cccc(-c3cc(-c4ccccc4C)[nH]n3)c2)n[nH]1. The van der Waals surface area contributed by atoms with Gasteiger partial charge in [-0.3, -0.25) is 10.2 Å². The zero-order chi connectivity index (χ0) is 20.5. The molecule has 4 nitrogen and oxygen atoms in total. The Morgan fingerprint density at radius 2 is 1.00 bits per heavy atom. The van der Waals surface area contributed by atoms with Gasteiger partial charge in [-0.15, -0.1) is 0 Å². The van der Waals surface area contributed by atoms with Crippen LogP contribution in [0.1, 0.15) is 11.1 Å². The zero-order valence-corrected chi connectivity index (χ0v) is 17.0. The lowest BCUT2D eigenvalue weighted by molar-refractivity contribution is 1.09. The maximum absolute atomic E-state index is 4.55. The van der Waals surface area contributed by atoms with Crippen LogP contribution in [0.2, 0.25) is 0 Å². The Morgan fingerprint density at radius 1 is 0.533 bits per heavy atom. The quantitative estimate of drug-likeness (QED) is 0.372. The lowest BCUT2D eigenvalue weighted by Gasteiger charge is -2.02. The van der Waals surface area contributed by atoms with E-state index in [0.29, 0.717) is 0 Å². The van der Waals surface area contributed by atoms with Crippen LogP contribution in [0, 0.1) is 13.8 Å². The number of H-pyrrole nitrogens is 2. The molecule has 0 saturated carbocycles. The number of hydrogen-bond donors (Lipinski definition) is 2. The monoisotopic (exact) mass is 390 g/mol. The van der Waals surface area contributed by atoms with Crippen molar-refractivity contribution < 1.29 is 0 Å². The van der Waals surface area contributed by atoms with Crippen LogP contribution in [0.15, 0.2) is 84.9 Å². The van der Waals surface area contributed by atoms with Gasteiger partial charge in [-0.05, 0) is 43.2 Å². The van der Waals surface area contributed by atoms with Crippen LogP contribution in [0.3, 0.4) is 0 Å². The average Bonchev–Trinajstić information content (AvgIpc) is 3.45. The minimum atomic E-state index is 0.921.